The summed E-state index contributed by atoms with van der Waals surface area (Å²) in [5.41, 5.74) is 0. The number of alkyl halides is 2. The second-order valence-electron chi connectivity index (χ2n) is 4.09. The molecular formula is C12H20F2N4OS. The Morgan fingerprint density at radius 3 is 2.75 bits per heavy atom. The summed E-state index contributed by atoms with van der Waals surface area (Å²) in [6, 6.07) is 1.63. The van der Waals surface area contributed by atoms with Gasteiger partial charge in [-0.2, -0.15) is 0 Å². The molecule has 0 aliphatic heterocycles. The highest BCUT2D eigenvalue weighted by Gasteiger charge is 2.15. The van der Waals surface area contributed by atoms with Crippen LogP contribution >= 0.6 is 11.8 Å². The Morgan fingerprint density at radius 1 is 1.45 bits per heavy atom. The normalized spacial score (nSPS) is 10.9. The molecule has 0 aliphatic carbocycles. The minimum Gasteiger partial charge on any atom is -0.395 e. The number of aliphatic hydroxyl groups excluding tert-OH is 1. The predicted octanol–water partition coefficient (Wildman–Crippen LogP) is 2.08. The van der Waals surface area contributed by atoms with Gasteiger partial charge in [0.1, 0.15) is 11.6 Å². The number of thioether (sulfide) groups is 1. The Morgan fingerprint density at radius 2 is 2.20 bits per heavy atom. The quantitative estimate of drug-likeness (QED) is 0.538. The number of hydrogen-bond acceptors (Lipinski definition) is 6. The number of nitrogens with zero attached hydrogens (tertiary/aromatic N) is 3. The first-order valence-corrected chi connectivity index (χ1v) is 7.64. The van der Waals surface area contributed by atoms with E-state index >= 15 is 0 Å². The number of rotatable bonds is 9. The van der Waals surface area contributed by atoms with Gasteiger partial charge in [0, 0.05) is 19.2 Å². The van der Waals surface area contributed by atoms with Gasteiger partial charge < -0.3 is 15.3 Å². The fraction of sp³-hybridized carbons (Fsp3) is 0.667. The van der Waals surface area contributed by atoms with E-state index in [-0.39, 0.29) is 13.2 Å². The van der Waals surface area contributed by atoms with Crippen molar-refractivity contribution in [2.75, 3.05) is 42.7 Å². The highest BCUT2D eigenvalue weighted by molar-refractivity contribution is 7.98. The van der Waals surface area contributed by atoms with Crippen molar-refractivity contribution in [2.45, 2.75) is 24.9 Å². The van der Waals surface area contributed by atoms with Gasteiger partial charge in [-0.1, -0.05) is 18.7 Å². The molecule has 5 nitrogen and oxygen atoms in total. The second-order valence-corrected chi connectivity index (χ2v) is 4.86. The molecule has 20 heavy (non-hydrogen) atoms. The van der Waals surface area contributed by atoms with Crippen LogP contribution < -0.4 is 10.2 Å². The van der Waals surface area contributed by atoms with E-state index in [0.29, 0.717) is 16.8 Å². The number of anilines is 2. The van der Waals surface area contributed by atoms with Crippen LogP contribution in [0.5, 0.6) is 0 Å². The largest absolute Gasteiger partial charge is 0.395 e. The van der Waals surface area contributed by atoms with E-state index in [1.165, 1.54) is 16.7 Å². The van der Waals surface area contributed by atoms with Crippen molar-refractivity contribution in [3.05, 3.63) is 6.07 Å². The van der Waals surface area contributed by atoms with E-state index < -0.39 is 13.0 Å². The molecule has 0 bridgehead atoms. The molecule has 1 rings (SSSR count). The third-order valence-electron chi connectivity index (χ3n) is 2.48. The van der Waals surface area contributed by atoms with E-state index in [2.05, 4.69) is 15.3 Å². The van der Waals surface area contributed by atoms with Crippen molar-refractivity contribution in [1.29, 1.82) is 0 Å². The average molecular weight is 306 g/mol. The third kappa shape index (κ3) is 5.46. The first-order chi connectivity index (χ1) is 9.60. The highest BCUT2D eigenvalue weighted by atomic mass is 32.2. The molecule has 0 radical (unpaired) electrons. The summed E-state index contributed by atoms with van der Waals surface area (Å²) in [5.74, 6) is 1.01. The molecule has 114 valence electrons. The smallest absolute Gasteiger partial charge is 0.255 e. The maximum atomic E-state index is 12.6. The monoisotopic (exact) mass is 306 g/mol. The minimum absolute atomic E-state index is 0.113. The average Bonchev–Trinajstić information content (AvgIpc) is 2.43. The van der Waals surface area contributed by atoms with Crippen molar-refractivity contribution in [3.8, 4) is 0 Å². The molecule has 0 fully saturated rings. The maximum absolute atomic E-state index is 12.6. The molecule has 0 spiro atoms. The third-order valence-corrected chi connectivity index (χ3v) is 3.03. The van der Waals surface area contributed by atoms with E-state index in [9.17, 15) is 8.78 Å². The number of aliphatic hydroxyl groups is 1. The van der Waals surface area contributed by atoms with Crippen molar-refractivity contribution in [3.63, 3.8) is 0 Å². The van der Waals surface area contributed by atoms with Gasteiger partial charge in [0.15, 0.2) is 5.16 Å². The molecule has 0 aromatic carbocycles. The molecule has 1 aromatic rings. The van der Waals surface area contributed by atoms with Crippen LogP contribution in [0.2, 0.25) is 0 Å². The SMILES string of the molecule is CCCNc1cc(N(CCO)CC(F)F)nc(SC)n1. The summed E-state index contributed by atoms with van der Waals surface area (Å²) in [7, 11) is 0. The zero-order chi connectivity index (χ0) is 15.0. The van der Waals surface area contributed by atoms with Gasteiger partial charge in [-0.05, 0) is 12.7 Å². The number of aromatic nitrogens is 2. The van der Waals surface area contributed by atoms with Crippen molar-refractivity contribution in [1.82, 2.24) is 9.97 Å². The van der Waals surface area contributed by atoms with Crippen LogP contribution in [0.4, 0.5) is 20.4 Å². The molecule has 2 N–H and O–H groups in total. The predicted molar refractivity (Wildman–Crippen MR) is 77.9 cm³/mol. The van der Waals surface area contributed by atoms with Crippen molar-refractivity contribution < 1.29 is 13.9 Å². The van der Waals surface area contributed by atoms with Crippen LogP contribution in [-0.4, -0.2) is 54.0 Å². The van der Waals surface area contributed by atoms with Gasteiger partial charge in [-0.3, -0.25) is 0 Å². The Kier molecular flexibility index (Phi) is 7.53. The number of hydrogen-bond donors (Lipinski definition) is 2. The summed E-state index contributed by atoms with van der Waals surface area (Å²) >= 11 is 1.35. The highest BCUT2D eigenvalue weighted by Crippen LogP contribution is 2.21. The number of nitrogens with one attached hydrogen (secondary N) is 1. The Bertz CT molecular complexity index is 409. The summed E-state index contributed by atoms with van der Waals surface area (Å²) in [4.78, 5) is 9.86. The lowest BCUT2D eigenvalue weighted by Gasteiger charge is -2.23. The lowest BCUT2D eigenvalue weighted by molar-refractivity contribution is 0.152. The molecule has 8 heteroatoms. The molecule has 0 aliphatic rings. The molecule has 0 amide bonds. The topological polar surface area (TPSA) is 61.3 Å². The van der Waals surface area contributed by atoms with Crippen LogP contribution in [0, 0.1) is 0 Å². The van der Waals surface area contributed by atoms with Gasteiger partial charge in [0.2, 0.25) is 0 Å². The molecule has 0 atom stereocenters. The zero-order valence-electron chi connectivity index (χ0n) is 11.6. The Hall–Kier alpha value is -1.15. The molecular weight excluding hydrogens is 286 g/mol. The lowest BCUT2D eigenvalue weighted by Crippen LogP contribution is -2.32. The summed E-state index contributed by atoms with van der Waals surface area (Å²) in [5, 5.41) is 12.6. The van der Waals surface area contributed by atoms with E-state index in [0.717, 1.165) is 13.0 Å². The summed E-state index contributed by atoms with van der Waals surface area (Å²) in [6.45, 7) is 2.22. The van der Waals surface area contributed by atoms with Crippen LogP contribution in [0.3, 0.4) is 0 Å². The molecule has 1 aromatic heterocycles. The second kappa shape index (κ2) is 8.91. The summed E-state index contributed by atoms with van der Waals surface area (Å²) in [6.07, 6.45) is 0.277. The Balaban J connectivity index is 2.98. The van der Waals surface area contributed by atoms with Gasteiger partial charge in [0.05, 0.1) is 13.2 Å². The maximum Gasteiger partial charge on any atom is 0.255 e. The van der Waals surface area contributed by atoms with Crippen LogP contribution in [0.15, 0.2) is 11.2 Å². The molecule has 0 saturated heterocycles. The van der Waals surface area contributed by atoms with Gasteiger partial charge in [0.25, 0.3) is 6.43 Å². The molecule has 1 heterocycles. The lowest BCUT2D eigenvalue weighted by atomic mass is 10.4. The van der Waals surface area contributed by atoms with Gasteiger partial charge in [-0.15, -0.1) is 0 Å². The molecule has 0 saturated carbocycles. The first-order valence-electron chi connectivity index (χ1n) is 6.41. The summed E-state index contributed by atoms with van der Waals surface area (Å²) < 4.78 is 25.2. The van der Waals surface area contributed by atoms with Crippen molar-refractivity contribution in [2.24, 2.45) is 0 Å². The van der Waals surface area contributed by atoms with Gasteiger partial charge in [-0.25, -0.2) is 18.7 Å². The van der Waals surface area contributed by atoms with E-state index in [4.69, 9.17) is 5.11 Å². The Labute approximate surface area is 121 Å². The minimum atomic E-state index is -2.48. The van der Waals surface area contributed by atoms with Crippen LogP contribution in [0.1, 0.15) is 13.3 Å². The van der Waals surface area contributed by atoms with Gasteiger partial charge >= 0.3 is 0 Å². The number of halogens is 2. The molecule has 0 unspecified atom stereocenters. The van der Waals surface area contributed by atoms with Crippen molar-refractivity contribution >= 4 is 23.4 Å². The van der Waals surface area contributed by atoms with E-state index in [1.807, 2.05) is 13.2 Å². The van der Waals surface area contributed by atoms with E-state index in [1.54, 1.807) is 6.07 Å². The fourth-order valence-electron chi connectivity index (χ4n) is 1.60. The zero-order valence-corrected chi connectivity index (χ0v) is 12.5. The van der Waals surface area contributed by atoms with Crippen LogP contribution in [-0.2, 0) is 0 Å². The van der Waals surface area contributed by atoms with Crippen LogP contribution in [0.25, 0.3) is 0 Å². The fourth-order valence-corrected chi connectivity index (χ4v) is 1.97. The first kappa shape index (κ1) is 16.9. The standard InChI is InChI=1S/C12H20F2N4OS/c1-3-4-15-10-7-11(17-12(16-10)20-2)18(5-6-19)8-9(13)14/h7,9,19H,3-6,8H2,1-2H3,(H,15,16,17).